The third-order valence-electron chi connectivity index (χ3n) is 4.96. The molecule has 2 aromatic carbocycles. The molecule has 1 aliphatic carbocycles. The molecule has 7 heteroatoms. The Labute approximate surface area is 166 Å². The van der Waals surface area contributed by atoms with Crippen molar-refractivity contribution >= 4 is 21.6 Å². The second-order valence-corrected chi connectivity index (χ2v) is 9.22. The number of nitrogens with zero attached hydrogens (tertiary/aromatic N) is 2. The molecule has 0 bridgehead atoms. The Morgan fingerprint density at radius 3 is 2.54 bits per heavy atom. The molecule has 0 aliphatic heterocycles. The van der Waals surface area contributed by atoms with Crippen LogP contribution in [-0.4, -0.2) is 38.4 Å². The van der Waals surface area contributed by atoms with E-state index in [9.17, 15) is 13.2 Å². The van der Waals surface area contributed by atoms with Gasteiger partial charge in [-0.25, -0.2) is 18.1 Å². The number of hydrazone groups is 1. The Hall–Kier alpha value is -2.51. The lowest BCUT2D eigenvalue weighted by atomic mass is 9.82. The molecule has 0 radical (unpaired) electrons. The first-order chi connectivity index (χ1) is 13.4. The number of carbonyl (C=O) groups excluding carboxylic acids is 1. The summed E-state index contributed by atoms with van der Waals surface area (Å²) in [5.74, 6) is -0.212. The smallest absolute Gasteiger partial charge is 0.267 e. The van der Waals surface area contributed by atoms with Crippen LogP contribution in [0.25, 0.3) is 0 Å². The summed E-state index contributed by atoms with van der Waals surface area (Å²) in [6.07, 6.45) is 4.04. The minimum atomic E-state index is -3.60. The molecule has 2 aromatic rings. The van der Waals surface area contributed by atoms with Gasteiger partial charge in [-0.1, -0.05) is 42.8 Å². The summed E-state index contributed by atoms with van der Waals surface area (Å²) in [6, 6.07) is 16.2. The van der Waals surface area contributed by atoms with E-state index in [0.717, 1.165) is 35.7 Å². The van der Waals surface area contributed by atoms with Gasteiger partial charge in [0.25, 0.3) is 5.91 Å². The first-order valence-corrected chi connectivity index (χ1v) is 10.8. The molecular formula is C21H25N3O3S. The van der Waals surface area contributed by atoms with Crippen LogP contribution < -0.4 is 5.43 Å². The van der Waals surface area contributed by atoms with Crippen LogP contribution in [0.3, 0.4) is 0 Å². The minimum Gasteiger partial charge on any atom is -0.267 e. The molecule has 1 saturated carbocycles. The quantitative estimate of drug-likeness (QED) is 0.783. The Balaban J connectivity index is 1.79. The van der Waals surface area contributed by atoms with Crippen LogP contribution in [0.1, 0.15) is 47.5 Å². The average Bonchev–Trinajstić information content (AvgIpc) is 2.73. The topological polar surface area (TPSA) is 78.8 Å². The Morgan fingerprint density at radius 1 is 1.07 bits per heavy atom. The molecule has 1 fully saturated rings. The average molecular weight is 400 g/mol. The van der Waals surface area contributed by atoms with E-state index in [0.29, 0.717) is 0 Å². The molecule has 3 rings (SSSR count). The molecule has 0 spiro atoms. The monoisotopic (exact) mass is 399 g/mol. The van der Waals surface area contributed by atoms with Crippen molar-refractivity contribution < 1.29 is 13.2 Å². The van der Waals surface area contributed by atoms with E-state index in [1.54, 1.807) is 12.1 Å². The number of carbonyl (C=O) groups is 1. The maximum atomic E-state index is 12.6. The lowest BCUT2D eigenvalue weighted by Crippen LogP contribution is -2.25. The fraction of sp³-hybridized carbons (Fsp3) is 0.333. The van der Waals surface area contributed by atoms with E-state index in [2.05, 4.69) is 22.7 Å². The number of amides is 1. The number of benzene rings is 2. The van der Waals surface area contributed by atoms with Gasteiger partial charge in [-0.15, -0.1) is 0 Å². The molecule has 0 unspecified atom stereocenters. The molecule has 1 aliphatic rings. The maximum Gasteiger partial charge on any atom is 0.271 e. The van der Waals surface area contributed by atoms with Gasteiger partial charge in [-0.05, 0) is 43.0 Å². The Morgan fingerprint density at radius 2 is 1.82 bits per heavy atom. The van der Waals surface area contributed by atoms with Gasteiger partial charge in [0.15, 0.2) is 0 Å². The van der Waals surface area contributed by atoms with Crippen LogP contribution in [0.15, 0.2) is 64.6 Å². The molecule has 0 aromatic heterocycles. The van der Waals surface area contributed by atoms with Gasteiger partial charge in [0.05, 0.1) is 4.90 Å². The van der Waals surface area contributed by atoms with E-state index >= 15 is 0 Å². The first kappa shape index (κ1) is 20.2. The molecule has 28 heavy (non-hydrogen) atoms. The second kappa shape index (κ2) is 8.67. The maximum absolute atomic E-state index is 12.6. The normalized spacial score (nSPS) is 19.0. The van der Waals surface area contributed by atoms with Crippen molar-refractivity contribution in [1.29, 1.82) is 0 Å². The van der Waals surface area contributed by atoms with Gasteiger partial charge in [-0.2, -0.15) is 5.10 Å². The van der Waals surface area contributed by atoms with Crippen LogP contribution in [0.4, 0.5) is 0 Å². The molecule has 6 nitrogen and oxygen atoms in total. The Kier molecular flexibility index (Phi) is 6.26. The first-order valence-electron chi connectivity index (χ1n) is 9.34. The van der Waals surface area contributed by atoms with E-state index in [-0.39, 0.29) is 16.4 Å². The van der Waals surface area contributed by atoms with E-state index < -0.39 is 15.9 Å². The zero-order valence-electron chi connectivity index (χ0n) is 16.1. The summed E-state index contributed by atoms with van der Waals surface area (Å²) < 4.78 is 25.7. The van der Waals surface area contributed by atoms with Crippen molar-refractivity contribution in [2.75, 3.05) is 14.1 Å². The van der Waals surface area contributed by atoms with Gasteiger partial charge in [-0.3, -0.25) is 4.79 Å². The predicted molar refractivity (Wildman–Crippen MR) is 110 cm³/mol. The molecule has 0 heterocycles. The van der Waals surface area contributed by atoms with Gasteiger partial charge >= 0.3 is 0 Å². The van der Waals surface area contributed by atoms with Crippen LogP contribution >= 0.6 is 0 Å². The molecule has 1 atom stereocenters. The van der Waals surface area contributed by atoms with Gasteiger partial charge < -0.3 is 0 Å². The lowest BCUT2D eigenvalue weighted by molar-refractivity contribution is 0.0954. The van der Waals surface area contributed by atoms with Crippen molar-refractivity contribution in [2.45, 2.75) is 36.5 Å². The summed E-state index contributed by atoms with van der Waals surface area (Å²) in [5, 5.41) is 4.40. The van der Waals surface area contributed by atoms with Crippen molar-refractivity contribution in [3.63, 3.8) is 0 Å². The molecule has 1 amide bonds. The fourth-order valence-corrected chi connectivity index (χ4v) is 4.32. The van der Waals surface area contributed by atoms with Crippen molar-refractivity contribution in [1.82, 2.24) is 9.73 Å². The minimum absolute atomic E-state index is 0.0811. The molecule has 0 saturated heterocycles. The number of nitrogens with one attached hydrogen (secondary N) is 1. The van der Waals surface area contributed by atoms with Crippen LogP contribution in [0.2, 0.25) is 0 Å². The predicted octanol–water partition coefficient (Wildman–Crippen LogP) is 3.38. The van der Waals surface area contributed by atoms with Gasteiger partial charge in [0.1, 0.15) is 0 Å². The highest BCUT2D eigenvalue weighted by Gasteiger charge is 2.23. The van der Waals surface area contributed by atoms with E-state index in [4.69, 9.17) is 0 Å². The number of hydrogen-bond donors (Lipinski definition) is 1. The number of rotatable bonds is 5. The van der Waals surface area contributed by atoms with Crippen molar-refractivity contribution in [3.05, 3.63) is 65.7 Å². The summed E-state index contributed by atoms with van der Waals surface area (Å²) in [7, 11) is -0.677. The summed E-state index contributed by atoms with van der Waals surface area (Å²) in [5.41, 5.74) is 5.04. The zero-order valence-corrected chi connectivity index (χ0v) is 16.9. The SMILES string of the molecule is CN(C)S(=O)(=O)c1cccc(C(=O)N/N=C2/CCCC[C@H]2c2ccccc2)c1. The third-order valence-corrected chi connectivity index (χ3v) is 6.77. The van der Waals surface area contributed by atoms with Gasteiger partial charge in [0.2, 0.25) is 10.0 Å². The van der Waals surface area contributed by atoms with E-state index in [1.165, 1.54) is 31.8 Å². The highest BCUT2D eigenvalue weighted by molar-refractivity contribution is 7.89. The Bertz CT molecular complexity index is 969. The van der Waals surface area contributed by atoms with Crippen LogP contribution in [0.5, 0.6) is 0 Å². The highest BCUT2D eigenvalue weighted by atomic mass is 32.2. The van der Waals surface area contributed by atoms with Crippen molar-refractivity contribution in [2.24, 2.45) is 5.10 Å². The molecule has 1 N–H and O–H groups in total. The largest absolute Gasteiger partial charge is 0.271 e. The number of sulfonamides is 1. The summed E-state index contributed by atoms with van der Waals surface area (Å²) >= 11 is 0. The van der Waals surface area contributed by atoms with E-state index in [1.807, 2.05) is 18.2 Å². The number of hydrogen-bond acceptors (Lipinski definition) is 4. The lowest BCUT2D eigenvalue weighted by Gasteiger charge is -2.24. The molecular weight excluding hydrogens is 374 g/mol. The van der Waals surface area contributed by atoms with Crippen molar-refractivity contribution in [3.8, 4) is 0 Å². The second-order valence-electron chi connectivity index (χ2n) is 7.07. The van der Waals surface area contributed by atoms with Gasteiger partial charge in [0, 0.05) is 31.3 Å². The summed E-state index contributed by atoms with van der Waals surface area (Å²) in [4.78, 5) is 12.6. The molecule has 148 valence electrons. The zero-order chi connectivity index (χ0) is 20.1. The fourth-order valence-electron chi connectivity index (χ4n) is 3.37. The summed E-state index contributed by atoms with van der Waals surface area (Å²) in [6.45, 7) is 0. The van der Waals surface area contributed by atoms with Crippen LogP contribution in [0, 0.1) is 0 Å². The third kappa shape index (κ3) is 4.48. The van der Waals surface area contributed by atoms with Crippen LogP contribution in [-0.2, 0) is 10.0 Å². The standard InChI is InChI=1S/C21H25N3O3S/c1-24(2)28(26,27)18-12-8-11-17(15-18)21(25)23-22-20-14-7-6-13-19(20)16-9-4-3-5-10-16/h3-5,8-12,15,19H,6-7,13-14H2,1-2H3,(H,23,25)/b22-20-/t19-/m0/s1. The highest BCUT2D eigenvalue weighted by Crippen LogP contribution is 2.30.